The summed E-state index contributed by atoms with van der Waals surface area (Å²) in [6, 6.07) is 7.91. The standard InChI is InChI=1S/C18H20O2/c1-9-5-7-13-15(11(9)3)16-12(4)10(2)6-8-14(16)18(20)17(13)19/h5-8,17-20H,1-4H3/t17-,18-/m0/s1. The van der Waals surface area contributed by atoms with Crippen molar-refractivity contribution >= 4 is 0 Å². The van der Waals surface area contributed by atoms with E-state index in [1.54, 1.807) is 0 Å². The van der Waals surface area contributed by atoms with Gasteiger partial charge in [0.25, 0.3) is 0 Å². The number of benzene rings is 2. The highest BCUT2D eigenvalue weighted by atomic mass is 16.3. The summed E-state index contributed by atoms with van der Waals surface area (Å²) in [6.45, 7) is 8.34. The first-order chi connectivity index (χ1) is 9.43. The molecule has 2 nitrogen and oxygen atoms in total. The van der Waals surface area contributed by atoms with Gasteiger partial charge in [-0.25, -0.2) is 0 Å². The molecule has 0 amide bonds. The number of hydrogen-bond acceptors (Lipinski definition) is 2. The van der Waals surface area contributed by atoms with Gasteiger partial charge in [0.05, 0.1) is 0 Å². The molecule has 0 saturated carbocycles. The molecule has 2 aromatic carbocycles. The molecule has 3 rings (SSSR count). The zero-order chi connectivity index (χ0) is 14.6. The summed E-state index contributed by atoms with van der Waals surface area (Å²) in [5.41, 5.74) is 8.65. The molecule has 2 atom stereocenters. The van der Waals surface area contributed by atoms with Crippen LogP contribution in [0.15, 0.2) is 24.3 Å². The SMILES string of the molecule is Cc1ccc2c(c1C)-c1c(ccc(C)c1C)[C@H](O)[C@H]2O. The quantitative estimate of drug-likeness (QED) is 0.765. The molecule has 0 unspecified atom stereocenters. The third-order valence-corrected chi connectivity index (χ3v) is 4.72. The highest BCUT2D eigenvalue weighted by Crippen LogP contribution is 2.48. The molecule has 2 aromatic rings. The predicted octanol–water partition coefficient (Wildman–Crippen LogP) is 3.67. The number of aliphatic hydroxyl groups is 2. The van der Waals surface area contributed by atoms with Crippen LogP contribution in [-0.4, -0.2) is 10.2 Å². The minimum Gasteiger partial charge on any atom is -0.385 e. The van der Waals surface area contributed by atoms with Crippen LogP contribution in [0.3, 0.4) is 0 Å². The summed E-state index contributed by atoms with van der Waals surface area (Å²) >= 11 is 0. The van der Waals surface area contributed by atoms with Crippen LogP contribution in [-0.2, 0) is 0 Å². The van der Waals surface area contributed by atoms with E-state index in [1.165, 1.54) is 22.3 Å². The fourth-order valence-corrected chi connectivity index (χ4v) is 3.17. The second-order valence-electron chi connectivity index (χ2n) is 5.83. The lowest BCUT2D eigenvalue weighted by Gasteiger charge is -2.32. The Balaban J connectivity index is 2.45. The molecule has 1 aliphatic carbocycles. The molecule has 0 fully saturated rings. The molecule has 0 saturated heterocycles. The van der Waals surface area contributed by atoms with Crippen LogP contribution in [0.1, 0.15) is 45.6 Å². The Morgan fingerprint density at radius 3 is 1.35 bits per heavy atom. The zero-order valence-corrected chi connectivity index (χ0v) is 12.4. The predicted molar refractivity (Wildman–Crippen MR) is 80.7 cm³/mol. The van der Waals surface area contributed by atoms with Crippen LogP contribution in [0.25, 0.3) is 11.1 Å². The van der Waals surface area contributed by atoms with Gasteiger partial charge in [0.2, 0.25) is 0 Å². The van der Waals surface area contributed by atoms with Crippen LogP contribution >= 0.6 is 0 Å². The lowest BCUT2D eigenvalue weighted by Crippen LogP contribution is -2.19. The first kappa shape index (κ1) is 13.3. The third kappa shape index (κ3) is 1.65. The maximum atomic E-state index is 10.4. The van der Waals surface area contributed by atoms with Crippen molar-refractivity contribution in [1.29, 1.82) is 0 Å². The van der Waals surface area contributed by atoms with Crippen molar-refractivity contribution in [2.45, 2.75) is 39.9 Å². The van der Waals surface area contributed by atoms with Crippen molar-refractivity contribution in [3.63, 3.8) is 0 Å². The van der Waals surface area contributed by atoms with E-state index in [1.807, 2.05) is 24.3 Å². The Morgan fingerprint density at radius 1 is 0.650 bits per heavy atom. The van der Waals surface area contributed by atoms with Gasteiger partial charge in [-0.15, -0.1) is 0 Å². The second-order valence-corrected chi connectivity index (χ2v) is 5.83. The van der Waals surface area contributed by atoms with Gasteiger partial charge in [-0.1, -0.05) is 24.3 Å². The maximum Gasteiger partial charge on any atom is 0.110 e. The van der Waals surface area contributed by atoms with E-state index < -0.39 is 12.2 Å². The molecule has 20 heavy (non-hydrogen) atoms. The first-order valence-electron chi connectivity index (χ1n) is 7.00. The first-order valence-corrected chi connectivity index (χ1v) is 7.00. The monoisotopic (exact) mass is 268 g/mol. The molecule has 0 aromatic heterocycles. The van der Waals surface area contributed by atoms with E-state index in [0.717, 1.165) is 22.3 Å². The minimum absolute atomic E-state index is 0.835. The Labute approximate surface area is 119 Å². The van der Waals surface area contributed by atoms with Gasteiger partial charge < -0.3 is 10.2 Å². The minimum atomic E-state index is -0.848. The molecule has 0 radical (unpaired) electrons. The van der Waals surface area contributed by atoms with E-state index in [4.69, 9.17) is 0 Å². The Kier molecular flexibility index (Phi) is 2.96. The topological polar surface area (TPSA) is 40.5 Å². The van der Waals surface area contributed by atoms with Crippen molar-refractivity contribution < 1.29 is 10.2 Å². The van der Waals surface area contributed by atoms with Gasteiger partial charge >= 0.3 is 0 Å². The molecule has 2 heteroatoms. The van der Waals surface area contributed by atoms with Crippen molar-refractivity contribution in [3.05, 3.63) is 57.6 Å². The molecular formula is C18H20O2. The van der Waals surface area contributed by atoms with Crippen molar-refractivity contribution in [2.24, 2.45) is 0 Å². The second kappa shape index (κ2) is 4.44. The average molecular weight is 268 g/mol. The Bertz CT molecular complexity index is 640. The lowest BCUT2D eigenvalue weighted by molar-refractivity contribution is 0.0157. The number of rotatable bonds is 0. The largest absolute Gasteiger partial charge is 0.385 e. The van der Waals surface area contributed by atoms with E-state index in [9.17, 15) is 10.2 Å². The van der Waals surface area contributed by atoms with Crippen LogP contribution < -0.4 is 0 Å². The van der Waals surface area contributed by atoms with E-state index in [0.29, 0.717) is 0 Å². The number of fused-ring (bicyclic) bond motifs is 3. The molecule has 1 aliphatic rings. The summed E-state index contributed by atoms with van der Waals surface area (Å²) in [5.74, 6) is 0. The summed E-state index contributed by atoms with van der Waals surface area (Å²) in [6.07, 6.45) is -1.70. The van der Waals surface area contributed by atoms with Gasteiger partial charge in [0.15, 0.2) is 0 Å². The smallest absolute Gasteiger partial charge is 0.110 e. The fourth-order valence-electron chi connectivity index (χ4n) is 3.17. The van der Waals surface area contributed by atoms with Crippen molar-refractivity contribution in [3.8, 4) is 11.1 Å². The molecule has 0 aliphatic heterocycles. The summed E-state index contributed by atoms with van der Waals surface area (Å²) in [7, 11) is 0. The van der Waals surface area contributed by atoms with Crippen LogP contribution in [0.4, 0.5) is 0 Å². The van der Waals surface area contributed by atoms with Crippen LogP contribution in [0.2, 0.25) is 0 Å². The maximum absolute atomic E-state index is 10.4. The number of aryl methyl sites for hydroxylation is 2. The summed E-state index contributed by atoms with van der Waals surface area (Å²) in [5, 5.41) is 20.8. The molecule has 0 spiro atoms. The third-order valence-electron chi connectivity index (χ3n) is 4.72. The van der Waals surface area contributed by atoms with Crippen molar-refractivity contribution in [2.75, 3.05) is 0 Å². The van der Waals surface area contributed by atoms with Crippen molar-refractivity contribution in [1.82, 2.24) is 0 Å². The molecule has 104 valence electrons. The van der Waals surface area contributed by atoms with Crippen LogP contribution in [0.5, 0.6) is 0 Å². The lowest BCUT2D eigenvalue weighted by atomic mass is 9.76. The normalized spacial score (nSPS) is 20.5. The van der Waals surface area contributed by atoms with E-state index >= 15 is 0 Å². The van der Waals surface area contributed by atoms with E-state index in [-0.39, 0.29) is 0 Å². The highest BCUT2D eigenvalue weighted by Gasteiger charge is 2.33. The Hall–Kier alpha value is -1.64. The molecular weight excluding hydrogens is 248 g/mol. The van der Waals surface area contributed by atoms with Gasteiger partial charge in [-0.2, -0.15) is 0 Å². The number of hydrogen-bond donors (Lipinski definition) is 2. The average Bonchev–Trinajstić information content (AvgIpc) is 2.43. The van der Waals surface area contributed by atoms with Crippen LogP contribution in [0, 0.1) is 27.7 Å². The van der Waals surface area contributed by atoms with E-state index in [2.05, 4.69) is 27.7 Å². The summed E-state index contributed by atoms with van der Waals surface area (Å²) < 4.78 is 0. The number of aliphatic hydroxyl groups excluding tert-OH is 2. The molecule has 0 bridgehead atoms. The highest BCUT2D eigenvalue weighted by molar-refractivity contribution is 5.81. The molecule has 0 heterocycles. The fraction of sp³-hybridized carbons (Fsp3) is 0.333. The van der Waals surface area contributed by atoms with Gasteiger partial charge in [0.1, 0.15) is 12.2 Å². The summed E-state index contributed by atoms with van der Waals surface area (Å²) in [4.78, 5) is 0. The Morgan fingerprint density at radius 2 is 1.00 bits per heavy atom. The zero-order valence-electron chi connectivity index (χ0n) is 12.4. The molecule has 2 N–H and O–H groups in total. The van der Waals surface area contributed by atoms with Gasteiger partial charge in [-0.3, -0.25) is 0 Å². The van der Waals surface area contributed by atoms with Gasteiger partial charge in [0, 0.05) is 0 Å². The van der Waals surface area contributed by atoms with Gasteiger partial charge in [-0.05, 0) is 72.2 Å².